The van der Waals surface area contributed by atoms with Gasteiger partial charge in [-0.3, -0.25) is 14.4 Å². The van der Waals surface area contributed by atoms with E-state index in [-0.39, 0.29) is 29.4 Å². The lowest BCUT2D eigenvalue weighted by atomic mass is 10.2. The molecule has 2 amide bonds. The van der Waals surface area contributed by atoms with Gasteiger partial charge in [-0.2, -0.15) is 0 Å². The van der Waals surface area contributed by atoms with E-state index in [0.29, 0.717) is 18.6 Å². The van der Waals surface area contributed by atoms with Crippen molar-refractivity contribution in [1.29, 1.82) is 0 Å². The zero-order valence-corrected chi connectivity index (χ0v) is 25.0. The quantitative estimate of drug-likeness (QED) is 0.364. The van der Waals surface area contributed by atoms with Gasteiger partial charge in [0.05, 0.1) is 6.54 Å². The van der Waals surface area contributed by atoms with Crippen LogP contribution in [0.5, 0.6) is 0 Å². The van der Waals surface area contributed by atoms with Crippen molar-refractivity contribution in [3.63, 3.8) is 0 Å². The number of hydrogen-bond donors (Lipinski definition) is 3. The number of hydrogen-bond acceptors (Lipinski definition) is 7. The van der Waals surface area contributed by atoms with E-state index in [2.05, 4.69) is 44.7 Å². The minimum Gasteiger partial charge on any atom is -0.370 e. The minimum absolute atomic E-state index is 0.0155. The molecule has 9 nitrogen and oxygen atoms in total. The Morgan fingerprint density at radius 2 is 1.27 bits per heavy atom. The monoisotopic (exact) mass is 590 g/mol. The lowest BCUT2D eigenvalue weighted by molar-refractivity contribution is -0.116. The third-order valence-electron chi connectivity index (χ3n) is 7.00. The molecule has 0 radical (unpaired) electrons. The first-order chi connectivity index (χ1) is 19.2. The first-order valence-corrected chi connectivity index (χ1v) is 14.6. The van der Waals surface area contributed by atoms with Crippen molar-refractivity contribution in [2.75, 3.05) is 79.0 Å². The molecule has 2 aromatic carbocycles. The fraction of sp³-hybridized carbons (Fsp3) is 0.483. The molecular weight excluding hydrogens is 551 g/mol. The van der Waals surface area contributed by atoms with Crippen LogP contribution in [0.15, 0.2) is 48.5 Å². The Labute approximate surface area is 247 Å². The van der Waals surface area contributed by atoms with Gasteiger partial charge in [0.25, 0.3) is 0 Å². The fourth-order valence-corrected chi connectivity index (χ4v) is 4.88. The second-order valence-corrected chi connectivity index (χ2v) is 10.9. The summed E-state index contributed by atoms with van der Waals surface area (Å²) in [6.07, 6.45) is 2.22. The standard InChI is InChI=1S/C15H20ClN3O2.C14H20ClN3O/c1-11(20)9-17-13-6-7-19(10-13)14-4-2-12(3-5-14)18-15(21)8-16;1-17(2)13-7-8-18(10-13)12-5-3-11(4-6-12)16-14(19)9-15/h2-5,13,17H,6-10H2,1H3,(H,18,21);3-6,13H,7-10H2,1-2H3,(H,16,19). The number of nitrogens with one attached hydrogen (secondary N) is 3. The first kappa shape index (κ1) is 31.7. The number of nitrogens with zero attached hydrogens (tertiary/aromatic N) is 3. The summed E-state index contributed by atoms with van der Waals surface area (Å²) in [5, 5.41) is 8.71. The number of halogens is 2. The van der Waals surface area contributed by atoms with Gasteiger partial charge in [-0.1, -0.05) is 0 Å². The summed E-state index contributed by atoms with van der Waals surface area (Å²) in [6, 6.07) is 16.6. The summed E-state index contributed by atoms with van der Waals surface area (Å²) in [5.74, 6) is -0.286. The molecule has 0 spiro atoms. The van der Waals surface area contributed by atoms with Gasteiger partial charge in [0, 0.05) is 61.0 Å². The molecule has 3 N–H and O–H groups in total. The highest BCUT2D eigenvalue weighted by Crippen LogP contribution is 2.24. The van der Waals surface area contributed by atoms with Gasteiger partial charge >= 0.3 is 0 Å². The molecule has 2 heterocycles. The molecule has 218 valence electrons. The molecule has 2 saturated heterocycles. The van der Waals surface area contributed by atoms with Crippen molar-refractivity contribution >= 4 is 63.5 Å². The number of likely N-dealkylation sites (N-methyl/N-ethyl adjacent to an activating group) is 1. The number of amides is 2. The zero-order valence-electron chi connectivity index (χ0n) is 23.5. The molecule has 2 fully saturated rings. The van der Waals surface area contributed by atoms with E-state index in [4.69, 9.17) is 23.2 Å². The Morgan fingerprint density at radius 3 is 1.70 bits per heavy atom. The fourth-order valence-electron chi connectivity index (χ4n) is 4.75. The topological polar surface area (TPSA) is 97.0 Å². The molecule has 40 heavy (non-hydrogen) atoms. The van der Waals surface area contributed by atoms with E-state index in [1.807, 2.05) is 48.5 Å². The van der Waals surface area contributed by atoms with Crippen LogP contribution in [0, 0.1) is 0 Å². The molecule has 0 aromatic heterocycles. The van der Waals surface area contributed by atoms with Gasteiger partial charge in [0.2, 0.25) is 11.8 Å². The van der Waals surface area contributed by atoms with Crippen LogP contribution in [0.4, 0.5) is 22.7 Å². The SMILES string of the molecule is CC(=O)CNC1CCN(c2ccc(NC(=O)CCl)cc2)C1.CN(C)C1CCN(c2ccc(NC(=O)CCl)cc2)C1. The van der Waals surface area contributed by atoms with E-state index >= 15 is 0 Å². The van der Waals surface area contributed by atoms with E-state index in [1.165, 1.54) is 12.1 Å². The Bertz CT molecular complexity index is 1110. The molecule has 0 aliphatic carbocycles. The highest BCUT2D eigenvalue weighted by atomic mass is 35.5. The van der Waals surface area contributed by atoms with E-state index in [1.54, 1.807) is 6.92 Å². The largest absolute Gasteiger partial charge is 0.370 e. The molecule has 2 aromatic rings. The average molecular weight is 592 g/mol. The highest BCUT2D eigenvalue weighted by molar-refractivity contribution is 6.29. The molecule has 2 aliphatic heterocycles. The molecule has 2 unspecified atom stereocenters. The van der Waals surface area contributed by atoms with Crippen molar-refractivity contribution in [1.82, 2.24) is 10.2 Å². The summed E-state index contributed by atoms with van der Waals surface area (Å²) in [5.41, 5.74) is 3.85. The van der Waals surface area contributed by atoms with Gasteiger partial charge in [0.1, 0.15) is 17.5 Å². The van der Waals surface area contributed by atoms with Crippen LogP contribution in [0.3, 0.4) is 0 Å². The second kappa shape index (κ2) is 15.8. The van der Waals surface area contributed by atoms with E-state index < -0.39 is 0 Å². The summed E-state index contributed by atoms with van der Waals surface area (Å²) in [7, 11) is 4.25. The van der Waals surface area contributed by atoms with Gasteiger partial charge < -0.3 is 30.7 Å². The van der Waals surface area contributed by atoms with Crippen LogP contribution >= 0.6 is 23.2 Å². The maximum Gasteiger partial charge on any atom is 0.239 e. The van der Waals surface area contributed by atoms with E-state index in [9.17, 15) is 14.4 Å². The highest BCUT2D eigenvalue weighted by Gasteiger charge is 2.24. The van der Waals surface area contributed by atoms with Crippen molar-refractivity contribution in [3.05, 3.63) is 48.5 Å². The first-order valence-electron chi connectivity index (χ1n) is 13.5. The average Bonchev–Trinajstić information content (AvgIpc) is 3.64. The number of anilines is 4. The lowest BCUT2D eigenvalue weighted by Gasteiger charge is -2.22. The van der Waals surface area contributed by atoms with Gasteiger partial charge in [-0.25, -0.2) is 0 Å². The maximum atomic E-state index is 11.2. The smallest absolute Gasteiger partial charge is 0.239 e. The number of carbonyl (C=O) groups is 3. The third kappa shape index (κ3) is 9.96. The number of benzene rings is 2. The summed E-state index contributed by atoms with van der Waals surface area (Å²) in [4.78, 5) is 40.3. The normalized spacial score (nSPS) is 18.4. The number of alkyl halides is 2. The van der Waals surface area contributed by atoms with Crippen molar-refractivity contribution in [3.8, 4) is 0 Å². The molecule has 0 bridgehead atoms. The van der Waals surface area contributed by atoms with Crippen LogP contribution in [0.2, 0.25) is 0 Å². The molecule has 2 aliphatic rings. The van der Waals surface area contributed by atoms with Gasteiger partial charge in [-0.05, 0) is 82.4 Å². The Morgan fingerprint density at radius 1 is 0.800 bits per heavy atom. The molecule has 0 saturated carbocycles. The summed E-state index contributed by atoms with van der Waals surface area (Å²) in [6.45, 7) is 6.01. The Kier molecular flexibility index (Phi) is 12.5. The maximum absolute atomic E-state index is 11.2. The van der Waals surface area contributed by atoms with Crippen LogP contribution < -0.4 is 25.8 Å². The van der Waals surface area contributed by atoms with Crippen molar-refractivity contribution in [2.45, 2.75) is 31.8 Å². The van der Waals surface area contributed by atoms with Crippen LogP contribution in [0.1, 0.15) is 19.8 Å². The zero-order chi connectivity index (χ0) is 29.1. The van der Waals surface area contributed by atoms with Gasteiger partial charge in [0.15, 0.2) is 0 Å². The van der Waals surface area contributed by atoms with Crippen LogP contribution in [-0.2, 0) is 14.4 Å². The number of Topliss-reactive ketones (excluding diaryl/α,β-unsaturated/α-hetero) is 1. The molecular formula is C29H40Cl2N6O3. The van der Waals surface area contributed by atoms with Crippen LogP contribution in [-0.4, -0.2) is 93.2 Å². The predicted molar refractivity (Wildman–Crippen MR) is 165 cm³/mol. The molecule has 2 atom stereocenters. The van der Waals surface area contributed by atoms with Crippen molar-refractivity contribution < 1.29 is 14.4 Å². The number of carbonyl (C=O) groups excluding carboxylic acids is 3. The van der Waals surface area contributed by atoms with Crippen LogP contribution in [0.25, 0.3) is 0 Å². The minimum atomic E-state index is -0.209. The molecule has 4 rings (SSSR count). The van der Waals surface area contributed by atoms with Gasteiger partial charge in [-0.15, -0.1) is 23.2 Å². The van der Waals surface area contributed by atoms with E-state index in [0.717, 1.165) is 49.7 Å². The lowest BCUT2D eigenvalue weighted by Crippen LogP contribution is -2.35. The Balaban J connectivity index is 0.000000222. The number of ketones is 1. The summed E-state index contributed by atoms with van der Waals surface area (Å²) >= 11 is 10.9. The number of rotatable bonds is 10. The Hall–Kier alpha value is -2.85. The third-order valence-corrected chi connectivity index (χ3v) is 7.48. The van der Waals surface area contributed by atoms with Crippen molar-refractivity contribution in [2.24, 2.45) is 0 Å². The summed E-state index contributed by atoms with van der Waals surface area (Å²) < 4.78 is 0. The second-order valence-electron chi connectivity index (χ2n) is 10.3. The predicted octanol–water partition coefficient (Wildman–Crippen LogP) is 3.63. The molecule has 11 heteroatoms.